The summed E-state index contributed by atoms with van der Waals surface area (Å²) in [6.45, 7) is 3.92. The van der Waals surface area contributed by atoms with Crippen LogP contribution in [0.4, 0.5) is 24.5 Å². The topological polar surface area (TPSA) is 103 Å². The van der Waals surface area contributed by atoms with E-state index in [2.05, 4.69) is 27.1 Å². The van der Waals surface area contributed by atoms with Gasteiger partial charge >= 0.3 is 0 Å². The van der Waals surface area contributed by atoms with Crippen molar-refractivity contribution in [1.29, 1.82) is 0 Å². The number of hydrogen-bond acceptors (Lipinski definition) is 7. The first-order valence-electron chi connectivity index (χ1n) is 11.9. The van der Waals surface area contributed by atoms with Crippen LogP contribution in [-0.2, 0) is 6.42 Å². The lowest BCUT2D eigenvalue weighted by molar-refractivity contribution is 0.102. The van der Waals surface area contributed by atoms with Crippen molar-refractivity contribution in [3.8, 4) is 22.9 Å². The van der Waals surface area contributed by atoms with Crippen LogP contribution in [-0.4, -0.2) is 48.7 Å². The van der Waals surface area contributed by atoms with Crippen LogP contribution in [0.15, 0.2) is 30.5 Å². The van der Waals surface area contributed by atoms with Crippen molar-refractivity contribution in [3.05, 3.63) is 59.2 Å². The number of pyridine rings is 2. The van der Waals surface area contributed by atoms with Crippen molar-refractivity contribution in [1.82, 2.24) is 9.97 Å². The molecule has 2 unspecified atom stereocenters. The molecule has 1 aromatic carbocycles. The minimum atomic E-state index is -1.12. The highest BCUT2D eigenvalue weighted by molar-refractivity contribution is 6.05. The number of rotatable bonds is 5. The van der Waals surface area contributed by atoms with Gasteiger partial charge in [0.1, 0.15) is 23.0 Å². The number of anilines is 2. The molecule has 0 radical (unpaired) electrons. The molecule has 37 heavy (non-hydrogen) atoms. The van der Waals surface area contributed by atoms with Gasteiger partial charge in [0, 0.05) is 31.1 Å². The standard InChI is InChI=1S/C26H26F3N5O3/c1-13-9-14(30)12-34(11-13)24-15-7-8-37-26(15)31-10-19(24)33-25(35)18-5-3-17(28)23(32-18)21-16(27)4-6-20(36-2)22(21)29/h3-6,10,13-14H,7-9,11-12,30H2,1-2H3,(H,33,35). The van der Waals surface area contributed by atoms with E-state index in [9.17, 15) is 18.0 Å². The molecule has 1 amide bonds. The predicted octanol–water partition coefficient (Wildman–Crippen LogP) is 3.93. The highest BCUT2D eigenvalue weighted by Crippen LogP contribution is 2.40. The molecule has 0 aliphatic carbocycles. The highest BCUT2D eigenvalue weighted by atomic mass is 19.1. The largest absolute Gasteiger partial charge is 0.494 e. The third-order valence-electron chi connectivity index (χ3n) is 6.55. The number of halogens is 3. The second-order valence-electron chi connectivity index (χ2n) is 9.33. The molecule has 4 heterocycles. The van der Waals surface area contributed by atoms with Gasteiger partial charge in [0.25, 0.3) is 5.91 Å². The quantitative estimate of drug-likeness (QED) is 0.533. The number of benzene rings is 1. The maximum Gasteiger partial charge on any atom is 0.274 e. The SMILES string of the molecule is COc1ccc(F)c(-c2nc(C(=O)Nc3cnc4c(c3N3CC(C)CC(N)C3)CCO4)ccc2F)c1F. The van der Waals surface area contributed by atoms with Gasteiger partial charge in [-0.2, -0.15) is 0 Å². The Morgan fingerprint density at radius 3 is 2.73 bits per heavy atom. The molecule has 11 heteroatoms. The number of carbonyl (C=O) groups excluding carboxylic acids is 1. The van der Waals surface area contributed by atoms with Crippen LogP contribution in [0.1, 0.15) is 29.4 Å². The lowest BCUT2D eigenvalue weighted by atomic mass is 9.95. The second kappa shape index (κ2) is 9.89. The Labute approximate surface area is 211 Å². The van der Waals surface area contributed by atoms with Gasteiger partial charge in [0.2, 0.25) is 5.88 Å². The lowest BCUT2D eigenvalue weighted by Crippen LogP contribution is -2.47. The molecular weight excluding hydrogens is 487 g/mol. The molecule has 2 atom stereocenters. The van der Waals surface area contributed by atoms with E-state index in [4.69, 9.17) is 15.2 Å². The first-order chi connectivity index (χ1) is 17.8. The summed E-state index contributed by atoms with van der Waals surface area (Å²) in [6.07, 6.45) is 3.00. The Hall–Kier alpha value is -3.86. The van der Waals surface area contributed by atoms with E-state index in [-0.39, 0.29) is 17.5 Å². The summed E-state index contributed by atoms with van der Waals surface area (Å²) in [4.78, 5) is 23.7. The number of amides is 1. The Bertz CT molecular complexity index is 1360. The molecule has 2 aliphatic heterocycles. The van der Waals surface area contributed by atoms with Gasteiger partial charge < -0.3 is 25.4 Å². The molecule has 0 spiro atoms. The zero-order valence-electron chi connectivity index (χ0n) is 20.4. The zero-order chi connectivity index (χ0) is 26.3. The highest BCUT2D eigenvalue weighted by Gasteiger charge is 2.31. The number of fused-ring (bicyclic) bond motifs is 1. The van der Waals surface area contributed by atoms with Crippen molar-refractivity contribution in [2.45, 2.75) is 25.8 Å². The Morgan fingerprint density at radius 1 is 1.19 bits per heavy atom. The van der Waals surface area contributed by atoms with Gasteiger partial charge in [-0.15, -0.1) is 0 Å². The summed E-state index contributed by atoms with van der Waals surface area (Å²) in [6, 6.07) is 4.08. The average molecular weight is 514 g/mol. The summed E-state index contributed by atoms with van der Waals surface area (Å²) in [7, 11) is 1.21. The molecule has 5 rings (SSSR count). The van der Waals surface area contributed by atoms with Crippen LogP contribution in [0.2, 0.25) is 0 Å². The van der Waals surface area contributed by atoms with Crippen LogP contribution in [0.25, 0.3) is 11.3 Å². The first-order valence-corrected chi connectivity index (χ1v) is 11.9. The zero-order valence-corrected chi connectivity index (χ0v) is 20.4. The Morgan fingerprint density at radius 2 is 1.97 bits per heavy atom. The van der Waals surface area contributed by atoms with Gasteiger partial charge in [-0.3, -0.25) is 4.79 Å². The number of nitrogens with two attached hydrogens (primary N) is 1. The van der Waals surface area contributed by atoms with E-state index in [1.165, 1.54) is 13.3 Å². The molecule has 8 nitrogen and oxygen atoms in total. The minimum Gasteiger partial charge on any atom is -0.494 e. The van der Waals surface area contributed by atoms with Crippen LogP contribution in [0, 0.1) is 23.4 Å². The second-order valence-corrected chi connectivity index (χ2v) is 9.33. The number of aromatic nitrogens is 2. The summed E-state index contributed by atoms with van der Waals surface area (Å²) in [5, 5.41) is 2.80. The molecule has 2 aromatic heterocycles. The Kier molecular flexibility index (Phi) is 6.63. The van der Waals surface area contributed by atoms with Crippen LogP contribution in [0.5, 0.6) is 11.6 Å². The summed E-state index contributed by atoms with van der Waals surface area (Å²) < 4.78 is 54.5. The molecule has 194 valence electrons. The van der Waals surface area contributed by atoms with Crippen molar-refractivity contribution < 1.29 is 27.4 Å². The van der Waals surface area contributed by atoms with Crippen molar-refractivity contribution in [3.63, 3.8) is 0 Å². The van der Waals surface area contributed by atoms with Crippen LogP contribution < -0.4 is 25.4 Å². The van der Waals surface area contributed by atoms with Gasteiger partial charge in [-0.25, -0.2) is 23.1 Å². The van der Waals surface area contributed by atoms with Gasteiger partial charge in [-0.1, -0.05) is 6.92 Å². The molecule has 3 aromatic rings. The number of methoxy groups -OCH3 is 1. The number of hydrogen-bond donors (Lipinski definition) is 2. The monoisotopic (exact) mass is 513 g/mol. The lowest BCUT2D eigenvalue weighted by Gasteiger charge is -2.38. The number of ether oxygens (including phenoxy) is 2. The van der Waals surface area contributed by atoms with Crippen LogP contribution >= 0.6 is 0 Å². The summed E-state index contributed by atoms with van der Waals surface area (Å²) in [5.74, 6) is -3.27. The average Bonchev–Trinajstić information content (AvgIpc) is 3.33. The molecular formula is C26H26F3N5O3. The molecule has 1 fully saturated rings. The Balaban J connectivity index is 1.51. The molecule has 0 saturated carbocycles. The fourth-order valence-corrected chi connectivity index (χ4v) is 5.00. The maximum absolute atomic E-state index is 14.8. The maximum atomic E-state index is 14.8. The normalized spacial score (nSPS) is 18.8. The van der Waals surface area contributed by atoms with E-state index < -0.39 is 34.6 Å². The van der Waals surface area contributed by atoms with E-state index in [0.29, 0.717) is 37.1 Å². The van der Waals surface area contributed by atoms with Crippen molar-refractivity contribution in [2.24, 2.45) is 11.7 Å². The number of nitrogens with one attached hydrogen (secondary N) is 1. The summed E-state index contributed by atoms with van der Waals surface area (Å²) >= 11 is 0. The molecule has 2 aliphatic rings. The molecule has 1 saturated heterocycles. The number of nitrogens with zero attached hydrogens (tertiary/aromatic N) is 3. The van der Waals surface area contributed by atoms with Gasteiger partial charge in [0.15, 0.2) is 11.6 Å². The van der Waals surface area contributed by atoms with E-state index in [0.717, 1.165) is 48.5 Å². The molecule has 3 N–H and O–H groups in total. The third-order valence-corrected chi connectivity index (χ3v) is 6.55. The van der Waals surface area contributed by atoms with Crippen molar-refractivity contribution >= 4 is 17.3 Å². The van der Waals surface area contributed by atoms with E-state index in [1.807, 2.05) is 0 Å². The fraction of sp³-hybridized carbons (Fsp3) is 0.346. The fourth-order valence-electron chi connectivity index (χ4n) is 5.00. The predicted molar refractivity (Wildman–Crippen MR) is 131 cm³/mol. The smallest absolute Gasteiger partial charge is 0.274 e. The number of carbonyl (C=O) groups is 1. The van der Waals surface area contributed by atoms with Crippen molar-refractivity contribution in [2.75, 3.05) is 37.0 Å². The summed E-state index contributed by atoms with van der Waals surface area (Å²) in [5.41, 5.74) is 6.74. The first kappa shape index (κ1) is 24.8. The molecule has 0 bridgehead atoms. The van der Waals surface area contributed by atoms with E-state index in [1.54, 1.807) is 0 Å². The van der Waals surface area contributed by atoms with E-state index >= 15 is 0 Å². The minimum absolute atomic E-state index is 0.0348. The van der Waals surface area contributed by atoms with Crippen LogP contribution in [0.3, 0.4) is 0 Å². The van der Waals surface area contributed by atoms with Gasteiger partial charge in [-0.05, 0) is 36.6 Å². The number of piperidine rings is 1. The van der Waals surface area contributed by atoms with Gasteiger partial charge in [0.05, 0.1) is 36.9 Å². The third kappa shape index (κ3) is 4.66.